The number of fused-ring (bicyclic) bond motifs is 5. The van der Waals surface area contributed by atoms with Crippen LogP contribution in [0.5, 0.6) is 0 Å². The zero-order chi connectivity index (χ0) is 32.4. The van der Waals surface area contributed by atoms with Gasteiger partial charge in [0.05, 0.1) is 12.2 Å². The lowest BCUT2D eigenvalue weighted by atomic mass is 9.49. The lowest BCUT2D eigenvalue weighted by Crippen LogP contribution is -2.58. The molecule has 4 aliphatic rings. The van der Waals surface area contributed by atoms with Crippen LogP contribution in [-0.4, -0.2) is 34.6 Å². The molecule has 0 amide bonds. The standard InChI is InChI=1S/C38H66O3Si2/c1-15-28(39)18-16-26(2)31-20-21-32-30-19-17-27-24-29(40-42(11,12)35(3,4)5)25-34(41-43(13,14)36(6,7)8)38(27,10)33(30)22-23-37(31,32)9/h17,19-20,26,29,32-34H,15-16,18,21-25H2,1-14H3/t26-,29+,32-,33-,34-,37+,38-/m0/s1. The number of rotatable bonds is 9. The Labute approximate surface area is 268 Å². The summed E-state index contributed by atoms with van der Waals surface area (Å²) in [5.74, 6) is 1.97. The second-order valence-corrected chi connectivity index (χ2v) is 27.7. The first-order chi connectivity index (χ1) is 19.6. The molecule has 43 heavy (non-hydrogen) atoms. The maximum absolute atomic E-state index is 12.1. The SMILES string of the molecule is CCC(=O)CC[C@H](C)C1=CC[C@H]2C3=CC=C4C[C@@H](O[Si](C)(C)C(C)(C)C)C[C@H](O[Si](C)(C)C(C)(C)C)[C@]4(C)[C@H]3CC[C@]12C. The van der Waals surface area contributed by atoms with Crippen molar-refractivity contribution in [2.75, 3.05) is 0 Å². The number of ketones is 1. The van der Waals surface area contributed by atoms with Crippen molar-refractivity contribution < 1.29 is 13.6 Å². The highest BCUT2D eigenvalue weighted by atomic mass is 28.4. The van der Waals surface area contributed by atoms with Crippen molar-refractivity contribution in [1.82, 2.24) is 0 Å². The topological polar surface area (TPSA) is 35.5 Å². The minimum absolute atomic E-state index is 0.0101. The fourth-order valence-electron chi connectivity index (χ4n) is 8.49. The van der Waals surface area contributed by atoms with Crippen molar-refractivity contribution in [3.63, 3.8) is 0 Å². The van der Waals surface area contributed by atoms with Crippen LogP contribution >= 0.6 is 0 Å². The van der Waals surface area contributed by atoms with Crippen molar-refractivity contribution >= 4 is 22.4 Å². The summed E-state index contributed by atoms with van der Waals surface area (Å²) < 4.78 is 14.7. The number of hydrogen-bond donors (Lipinski definition) is 0. The van der Waals surface area contributed by atoms with E-state index < -0.39 is 16.6 Å². The summed E-state index contributed by atoms with van der Waals surface area (Å²) >= 11 is 0. The van der Waals surface area contributed by atoms with Gasteiger partial charge in [0.1, 0.15) is 5.78 Å². The van der Waals surface area contributed by atoms with Crippen LogP contribution in [0.25, 0.3) is 0 Å². The third-order valence-electron chi connectivity index (χ3n) is 13.5. The fourth-order valence-corrected chi connectivity index (χ4v) is 11.3. The highest BCUT2D eigenvalue weighted by Crippen LogP contribution is 2.65. The summed E-state index contributed by atoms with van der Waals surface area (Å²) in [6, 6.07) is 0. The van der Waals surface area contributed by atoms with Crippen LogP contribution in [0.15, 0.2) is 34.9 Å². The Balaban J connectivity index is 1.68. The zero-order valence-corrected chi connectivity index (χ0v) is 32.5. The first-order valence-electron chi connectivity index (χ1n) is 17.6. The van der Waals surface area contributed by atoms with Gasteiger partial charge in [-0.3, -0.25) is 4.79 Å². The Morgan fingerprint density at radius 2 is 1.58 bits per heavy atom. The fraction of sp³-hybridized carbons (Fsp3) is 0.816. The normalized spacial score (nSPS) is 34.0. The van der Waals surface area contributed by atoms with Crippen LogP contribution < -0.4 is 0 Å². The van der Waals surface area contributed by atoms with Crippen LogP contribution in [0.2, 0.25) is 36.3 Å². The minimum atomic E-state index is -2.01. The maximum Gasteiger partial charge on any atom is 0.192 e. The predicted molar refractivity (Wildman–Crippen MR) is 188 cm³/mol. The molecular formula is C38H66O3Si2. The number of Topliss-reactive ketones (excluding diaryl/α,β-unsaturated/α-hetero) is 1. The highest BCUT2D eigenvalue weighted by molar-refractivity contribution is 6.74. The quantitative estimate of drug-likeness (QED) is 0.189. The van der Waals surface area contributed by atoms with Crippen LogP contribution in [-0.2, 0) is 13.6 Å². The molecule has 0 radical (unpaired) electrons. The van der Waals surface area contributed by atoms with Gasteiger partial charge in [-0.1, -0.05) is 104 Å². The lowest BCUT2D eigenvalue weighted by Gasteiger charge is -2.59. The van der Waals surface area contributed by atoms with Crippen LogP contribution in [0.4, 0.5) is 0 Å². The van der Waals surface area contributed by atoms with Gasteiger partial charge < -0.3 is 8.85 Å². The van der Waals surface area contributed by atoms with E-state index in [4.69, 9.17) is 8.85 Å². The molecule has 0 aromatic heterocycles. The smallest absolute Gasteiger partial charge is 0.192 e. The molecule has 0 bridgehead atoms. The van der Waals surface area contributed by atoms with Crippen LogP contribution in [0, 0.1) is 28.6 Å². The molecule has 2 saturated carbocycles. The molecule has 4 aliphatic carbocycles. The molecule has 0 unspecified atom stereocenters. The van der Waals surface area contributed by atoms with Gasteiger partial charge in [0.25, 0.3) is 0 Å². The summed E-state index contributed by atoms with van der Waals surface area (Å²) in [7, 11) is -3.92. The van der Waals surface area contributed by atoms with E-state index in [-0.39, 0.29) is 33.1 Å². The summed E-state index contributed by atoms with van der Waals surface area (Å²) in [6.07, 6.45) is 16.0. The molecule has 0 N–H and O–H groups in total. The zero-order valence-electron chi connectivity index (χ0n) is 30.5. The van der Waals surface area contributed by atoms with Crippen molar-refractivity contribution in [2.24, 2.45) is 28.6 Å². The molecule has 7 atom stereocenters. The van der Waals surface area contributed by atoms with Gasteiger partial charge in [0.2, 0.25) is 0 Å². The Hall–Kier alpha value is -0.756. The third-order valence-corrected chi connectivity index (χ3v) is 22.6. The van der Waals surface area contributed by atoms with Gasteiger partial charge in [-0.05, 0) is 98.0 Å². The number of carbonyl (C=O) groups excluding carboxylic acids is 1. The molecule has 3 nitrogen and oxygen atoms in total. The summed E-state index contributed by atoms with van der Waals surface area (Å²) in [5.41, 5.74) is 5.09. The Kier molecular flexibility index (Phi) is 9.63. The number of hydrogen-bond acceptors (Lipinski definition) is 3. The average molecular weight is 627 g/mol. The number of allylic oxidation sites excluding steroid dienone is 5. The van der Waals surface area contributed by atoms with Gasteiger partial charge in [-0.25, -0.2) is 0 Å². The van der Waals surface area contributed by atoms with Gasteiger partial charge >= 0.3 is 0 Å². The highest BCUT2D eigenvalue weighted by Gasteiger charge is 2.59. The molecular weight excluding hydrogens is 561 g/mol. The molecule has 4 rings (SSSR count). The van der Waals surface area contributed by atoms with Gasteiger partial charge in [0.15, 0.2) is 16.6 Å². The molecule has 0 heterocycles. The molecule has 0 saturated heterocycles. The first-order valence-corrected chi connectivity index (χ1v) is 23.4. The third kappa shape index (κ3) is 6.32. The molecule has 2 fully saturated rings. The van der Waals surface area contributed by atoms with Gasteiger partial charge in [0, 0.05) is 18.3 Å². The molecule has 0 aromatic rings. The second kappa shape index (κ2) is 11.8. The van der Waals surface area contributed by atoms with Crippen molar-refractivity contribution in [2.45, 2.75) is 169 Å². The van der Waals surface area contributed by atoms with E-state index in [1.165, 1.54) is 12.8 Å². The van der Waals surface area contributed by atoms with Crippen molar-refractivity contribution in [3.8, 4) is 0 Å². The lowest BCUT2D eigenvalue weighted by molar-refractivity contribution is -0.119. The largest absolute Gasteiger partial charge is 0.414 e. The monoisotopic (exact) mass is 626 g/mol. The summed E-state index contributed by atoms with van der Waals surface area (Å²) in [4.78, 5) is 12.1. The van der Waals surface area contributed by atoms with Crippen molar-refractivity contribution in [1.29, 1.82) is 0 Å². The van der Waals surface area contributed by atoms with E-state index in [1.54, 1.807) is 16.7 Å². The van der Waals surface area contributed by atoms with Crippen LogP contribution in [0.1, 0.15) is 121 Å². The van der Waals surface area contributed by atoms with E-state index in [2.05, 4.69) is 107 Å². The molecule has 244 valence electrons. The van der Waals surface area contributed by atoms with E-state index in [0.29, 0.717) is 30.0 Å². The Morgan fingerprint density at radius 1 is 0.977 bits per heavy atom. The van der Waals surface area contributed by atoms with Gasteiger partial charge in [-0.15, -0.1) is 0 Å². The van der Waals surface area contributed by atoms with E-state index in [0.717, 1.165) is 32.1 Å². The summed E-state index contributed by atoms with van der Waals surface area (Å²) in [5, 5.41) is 0.359. The Morgan fingerprint density at radius 3 is 2.16 bits per heavy atom. The first kappa shape index (κ1) is 35.1. The van der Waals surface area contributed by atoms with E-state index in [9.17, 15) is 4.79 Å². The minimum Gasteiger partial charge on any atom is -0.414 e. The summed E-state index contributed by atoms with van der Waals surface area (Å²) in [6.45, 7) is 33.4. The second-order valence-electron chi connectivity index (χ2n) is 18.2. The van der Waals surface area contributed by atoms with Gasteiger partial charge in [-0.2, -0.15) is 0 Å². The predicted octanol–water partition coefficient (Wildman–Crippen LogP) is 11.2. The molecule has 5 heteroatoms. The number of carbonyl (C=O) groups is 1. The maximum atomic E-state index is 12.1. The van der Waals surface area contributed by atoms with E-state index in [1.807, 2.05) is 6.92 Å². The van der Waals surface area contributed by atoms with Crippen LogP contribution in [0.3, 0.4) is 0 Å². The van der Waals surface area contributed by atoms with Crippen molar-refractivity contribution in [3.05, 3.63) is 34.9 Å². The molecule has 0 aromatic carbocycles. The average Bonchev–Trinajstić information content (AvgIpc) is 3.23. The molecule has 0 aliphatic heterocycles. The molecule has 0 spiro atoms. The Bertz CT molecular complexity index is 1160. The van der Waals surface area contributed by atoms with E-state index >= 15 is 0 Å².